The van der Waals surface area contributed by atoms with Crippen molar-refractivity contribution in [1.82, 2.24) is 0 Å². The minimum absolute atomic E-state index is 0.143. The van der Waals surface area contributed by atoms with Crippen LogP contribution in [0, 0.1) is 11.8 Å². The van der Waals surface area contributed by atoms with Crippen LogP contribution in [0.4, 0.5) is 0 Å². The Balaban J connectivity index is 1.98. The molecule has 2 nitrogen and oxygen atoms in total. The third-order valence-electron chi connectivity index (χ3n) is 2.54. The summed E-state index contributed by atoms with van der Waals surface area (Å²) >= 11 is 0. The lowest BCUT2D eigenvalue weighted by Crippen LogP contribution is -2.20. The first kappa shape index (κ1) is 6.89. The number of ether oxygens (including phenoxy) is 1. The van der Waals surface area contributed by atoms with Crippen LogP contribution in [-0.4, -0.2) is 12.1 Å². The van der Waals surface area contributed by atoms with E-state index >= 15 is 0 Å². The van der Waals surface area contributed by atoms with E-state index in [0.717, 1.165) is 6.42 Å². The number of hydrogen-bond donors (Lipinski definition) is 0. The Kier molecular flexibility index (Phi) is 1.48. The van der Waals surface area contributed by atoms with Gasteiger partial charge in [-0.3, -0.25) is 4.79 Å². The summed E-state index contributed by atoms with van der Waals surface area (Å²) in [7, 11) is 0. The average Bonchev–Trinajstić information content (AvgIpc) is 2.45. The molecule has 0 aromatic carbocycles. The molecular weight excluding hydrogens is 140 g/mol. The number of fused-ring (bicyclic) bond motifs is 2. The maximum atomic E-state index is 10.6. The van der Waals surface area contributed by atoms with Crippen LogP contribution in [0.5, 0.6) is 0 Å². The molecule has 0 aromatic rings. The fourth-order valence-electron chi connectivity index (χ4n) is 2.08. The van der Waals surface area contributed by atoms with Crippen LogP contribution in [0.2, 0.25) is 0 Å². The van der Waals surface area contributed by atoms with Crippen molar-refractivity contribution in [3.63, 3.8) is 0 Å². The summed E-state index contributed by atoms with van der Waals surface area (Å²) in [5, 5.41) is 0. The molecule has 2 heteroatoms. The molecule has 2 aliphatic carbocycles. The Bertz CT molecular complexity index is 208. The second kappa shape index (κ2) is 2.36. The first-order valence-electron chi connectivity index (χ1n) is 4.11. The third kappa shape index (κ3) is 1.17. The van der Waals surface area contributed by atoms with Crippen molar-refractivity contribution in [3.05, 3.63) is 12.2 Å². The van der Waals surface area contributed by atoms with Gasteiger partial charge in [0.1, 0.15) is 6.10 Å². The maximum absolute atomic E-state index is 10.6. The molecule has 1 saturated carbocycles. The average molecular weight is 152 g/mol. The number of allylic oxidation sites excluding steroid dienone is 1. The minimum Gasteiger partial charge on any atom is -0.462 e. The van der Waals surface area contributed by atoms with Gasteiger partial charge in [-0.15, -0.1) is 0 Å². The highest BCUT2D eigenvalue weighted by Crippen LogP contribution is 2.40. The lowest BCUT2D eigenvalue weighted by atomic mass is 10.0. The summed E-state index contributed by atoms with van der Waals surface area (Å²) in [4.78, 5) is 10.6. The second-order valence-electron chi connectivity index (χ2n) is 3.43. The van der Waals surface area contributed by atoms with E-state index in [1.807, 2.05) is 0 Å². The summed E-state index contributed by atoms with van der Waals surface area (Å²) in [6.45, 7) is 1.48. The van der Waals surface area contributed by atoms with Gasteiger partial charge in [0.05, 0.1) is 0 Å². The molecule has 2 bridgehead atoms. The molecule has 0 radical (unpaired) electrons. The quantitative estimate of drug-likeness (QED) is 0.420. The highest BCUT2D eigenvalue weighted by atomic mass is 16.5. The third-order valence-corrected chi connectivity index (χ3v) is 2.54. The molecule has 0 aromatic heterocycles. The van der Waals surface area contributed by atoms with Gasteiger partial charge in [-0.2, -0.15) is 0 Å². The smallest absolute Gasteiger partial charge is 0.302 e. The van der Waals surface area contributed by atoms with E-state index in [9.17, 15) is 4.79 Å². The fraction of sp³-hybridized carbons (Fsp3) is 0.667. The SMILES string of the molecule is CC(=O)O[C@@H]1C[C@@H]2C=C[C@@H]1C2. The molecule has 0 aliphatic heterocycles. The highest BCUT2D eigenvalue weighted by Gasteiger charge is 2.37. The van der Waals surface area contributed by atoms with Crippen LogP contribution in [-0.2, 0) is 9.53 Å². The summed E-state index contributed by atoms with van der Waals surface area (Å²) in [6.07, 6.45) is 6.84. The topological polar surface area (TPSA) is 26.3 Å². The first-order chi connectivity index (χ1) is 5.25. The van der Waals surface area contributed by atoms with Crippen molar-refractivity contribution >= 4 is 5.97 Å². The lowest BCUT2D eigenvalue weighted by Gasteiger charge is -2.17. The van der Waals surface area contributed by atoms with E-state index < -0.39 is 0 Å². The van der Waals surface area contributed by atoms with E-state index in [2.05, 4.69) is 12.2 Å². The predicted octanol–water partition coefficient (Wildman–Crippen LogP) is 1.51. The van der Waals surface area contributed by atoms with Crippen molar-refractivity contribution < 1.29 is 9.53 Å². The van der Waals surface area contributed by atoms with Crippen molar-refractivity contribution in [2.45, 2.75) is 25.9 Å². The van der Waals surface area contributed by atoms with E-state index in [0.29, 0.717) is 11.8 Å². The Morgan fingerprint density at radius 3 is 2.73 bits per heavy atom. The van der Waals surface area contributed by atoms with Gasteiger partial charge < -0.3 is 4.74 Å². The van der Waals surface area contributed by atoms with E-state index in [4.69, 9.17) is 4.74 Å². The minimum atomic E-state index is -0.143. The Labute approximate surface area is 66.2 Å². The normalized spacial score (nSPS) is 39.5. The van der Waals surface area contributed by atoms with Gasteiger partial charge in [-0.1, -0.05) is 12.2 Å². The van der Waals surface area contributed by atoms with Crippen LogP contribution < -0.4 is 0 Å². The van der Waals surface area contributed by atoms with Gasteiger partial charge in [0.25, 0.3) is 0 Å². The molecule has 2 rings (SSSR count). The fourth-order valence-corrected chi connectivity index (χ4v) is 2.08. The van der Waals surface area contributed by atoms with E-state index in [1.54, 1.807) is 0 Å². The van der Waals surface area contributed by atoms with Crippen LogP contribution in [0.3, 0.4) is 0 Å². The number of esters is 1. The molecule has 60 valence electrons. The molecular formula is C9H12O2. The van der Waals surface area contributed by atoms with Crippen LogP contribution >= 0.6 is 0 Å². The van der Waals surface area contributed by atoms with Crippen LogP contribution in [0.25, 0.3) is 0 Å². The molecule has 1 fully saturated rings. The Morgan fingerprint density at radius 1 is 1.45 bits per heavy atom. The van der Waals surface area contributed by atoms with Crippen molar-refractivity contribution in [1.29, 1.82) is 0 Å². The van der Waals surface area contributed by atoms with Crippen molar-refractivity contribution in [3.8, 4) is 0 Å². The summed E-state index contributed by atoms with van der Waals surface area (Å²) in [5.41, 5.74) is 0. The molecule has 0 saturated heterocycles. The second-order valence-corrected chi connectivity index (χ2v) is 3.43. The van der Waals surface area contributed by atoms with Gasteiger partial charge in [-0.05, 0) is 18.8 Å². The molecule has 0 N–H and O–H groups in total. The highest BCUT2D eigenvalue weighted by molar-refractivity contribution is 5.66. The zero-order chi connectivity index (χ0) is 7.84. The molecule has 0 amide bonds. The maximum Gasteiger partial charge on any atom is 0.302 e. The van der Waals surface area contributed by atoms with Crippen LogP contribution in [0.15, 0.2) is 12.2 Å². The summed E-state index contributed by atoms with van der Waals surface area (Å²) in [6, 6.07) is 0. The standard InChI is InChI=1S/C9H12O2/c1-6(10)11-9-5-7-2-3-8(9)4-7/h2-3,7-9H,4-5H2,1H3/t7-,8-,9-/m1/s1. The molecule has 2 aliphatic rings. The van der Waals surface area contributed by atoms with Gasteiger partial charge in [0.15, 0.2) is 0 Å². The Morgan fingerprint density at radius 2 is 2.27 bits per heavy atom. The number of carbonyl (C=O) groups is 1. The van der Waals surface area contributed by atoms with Crippen molar-refractivity contribution in [2.24, 2.45) is 11.8 Å². The lowest BCUT2D eigenvalue weighted by molar-refractivity contribution is -0.147. The summed E-state index contributed by atoms with van der Waals surface area (Å²) in [5.74, 6) is 1.06. The van der Waals surface area contributed by atoms with Gasteiger partial charge in [0, 0.05) is 12.8 Å². The van der Waals surface area contributed by atoms with Crippen molar-refractivity contribution in [2.75, 3.05) is 0 Å². The number of hydrogen-bond acceptors (Lipinski definition) is 2. The molecule has 3 atom stereocenters. The van der Waals surface area contributed by atoms with Gasteiger partial charge in [0.2, 0.25) is 0 Å². The zero-order valence-corrected chi connectivity index (χ0v) is 6.62. The number of carbonyl (C=O) groups excluding carboxylic acids is 1. The molecule has 0 unspecified atom stereocenters. The monoisotopic (exact) mass is 152 g/mol. The predicted molar refractivity (Wildman–Crippen MR) is 40.9 cm³/mol. The van der Waals surface area contributed by atoms with Crippen LogP contribution in [0.1, 0.15) is 19.8 Å². The molecule has 0 heterocycles. The first-order valence-corrected chi connectivity index (χ1v) is 4.11. The summed E-state index contributed by atoms with van der Waals surface area (Å²) < 4.78 is 5.15. The largest absolute Gasteiger partial charge is 0.462 e. The molecule has 0 spiro atoms. The van der Waals surface area contributed by atoms with E-state index in [1.165, 1.54) is 13.3 Å². The van der Waals surface area contributed by atoms with E-state index in [-0.39, 0.29) is 12.1 Å². The zero-order valence-electron chi connectivity index (χ0n) is 6.62. The van der Waals surface area contributed by atoms with Gasteiger partial charge >= 0.3 is 5.97 Å². The molecule has 11 heavy (non-hydrogen) atoms. The Hall–Kier alpha value is -0.790. The number of rotatable bonds is 1. The van der Waals surface area contributed by atoms with Gasteiger partial charge in [-0.25, -0.2) is 0 Å².